The first-order valence-electron chi connectivity index (χ1n) is 6.05. The van der Waals surface area contributed by atoms with Crippen molar-refractivity contribution in [3.05, 3.63) is 30.0 Å². The van der Waals surface area contributed by atoms with Crippen molar-refractivity contribution in [2.24, 2.45) is 13.0 Å². The lowest BCUT2D eigenvalue weighted by atomic mass is 10.0. The largest absolute Gasteiger partial charge is 0.448 e. The summed E-state index contributed by atoms with van der Waals surface area (Å²) in [6.07, 6.45) is 2.73. The van der Waals surface area contributed by atoms with E-state index < -0.39 is 0 Å². The molecule has 0 aliphatic rings. The van der Waals surface area contributed by atoms with E-state index in [-0.39, 0.29) is 17.9 Å². The van der Waals surface area contributed by atoms with Crippen LogP contribution in [0.1, 0.15) is 42.0 Å². The Kier molecular flexibility index (Phi) is 3.64. The van der Waals surface area contributed by atoms with E-state index in [0.29, 0.717) is 17.3 Å². The minimum absolute atomic E-state index is 0.180. The van der Waals surface area contributed by atoms with Crippen molar-refractivity contribution >= 4 is 5.91 Å². The molecule has 2 heterocycles. The van der Waals surface area contributed by atoms with Crippen LogP contribution in [-0.2, 0) is 7.05 Å². The lowest BCUT2D eigenvalue weighted by Crippen LogP contribution is -2.34. The molecule has 0 aliphatic heterocycles. The van der Waals surface area contributed by atoms with Crippen LogP contribution < -0.4 is 5.32 Å². The van der Waals surface area contributed by atoms with E-state index in [1.165, 1.54) is 12.7 Å². The molecule has 7 nitrogen and oxygen atoms in total. The van der Waals surface area contributed by atoms with Crippen molar-refractivity contribution in [1.29, 1.82) is 0 Å². The predicted octanol–water partition coefficient (Wildman–Crippen LogP) is 1.24. The highest BCUT2D eigenvalue weighted by atomic mass is 16.3. The molecule has 2 rings (SSSR count). The Morgan fingerprint density at radius 3 is 2.63 bits per heavy atom. The fourth-order valence-electron chi connectivity index (χ4n) is 1.85. The van der Waals surface area contributed by atoms with Crippen LogP contribution in [0.15, 0.2) is 17.1 Å². The van der Waals surface area contributed by atoms with Gasteiger partial charge < -0.3 is 9.73 Å². The maximum atomic E-state index is 12.2. The van der Waals surface area contributed by atoms with Gasteiger partial charge in [-0.25, -0.2) is 9.97 Å². The van der Waals surface area contributed by atoms with E-state index in [2.05, 4.69) is 20.4 Å². The van der Waals surface area contributed by atoms with Crippen molar-refractivity contribution in [3.8, 4) is 0 Å². The summed E-state index contributed by atoms with van der Waals surface area (Å²) in [5, 5.41) is 6.95. The maximum Gasteiger partial charge on any atom is 0.274 e. The first kappa shape index (κ1) is 13.3. The van der Waals surface area contributed by atoms with Crippen LogP contribution in [0.2, 0.25) is 0 Å². The SMILES string of the molecule is Cc1ocnc1C(=O)N[C@H](c1ncnn1C)C(C)C. The molecule has 0 spiro atoms. The summed E-state index contributed by atoms with van der Waals surface area (Å²) in [5.41, 5.74) is 0.299. The summed E-state index contributed by atoms with van der Waals surface area (Å²) in [6, 6.07) is -0.226. The third-order valence-corrected chi connectivity index (χ3v) is 2.94. The Morgan fingerprint density at radius 1 is 1.42 bits per heavy atom. The van der Waals surface area contributed by atoms with Crippen LogP contribution in [0, 0.1) is 12.8 Å². The van der Waals surface area contributed by atoms with Gasteiger partial charge in [0.25, 0.3) is 5.91 Å². The fraction of sp³-hybridized carbons (Fsp3) is 0.500. The number of hydrogen-bond donors (Lipinski definition) is 1. The summed E-state index contributed by atoms with van der Waals surface area (Å²) in [4.78, 5) is 20.3. The second-order valence-electron chi connectivity index (χ2n) is 4.69. The molecule has 2 aromatic heterocycles. The van der Waals surface area contributed by atoms with E-state index in [1.807, 2.05) is 13.8 Å². The molecule has 1 N–H and O–H groups in total. The van der Waals surface area contributed by atoms with Gasteiger partial charge in [-0.3, -0.25) is 9.48 Å². The molecule has 0 saturated heterocycles. The minimum Gasteiger partial charge on any atom is -0.448 e. The Morgan fingerprint density at radius 2 is 2.16 bits per heavy atom. The third-order valence-electron chi connectivity index (χ3n) is 2.94. The van der Waals surface area contributed by atoms with E-state index >= 15 is 0 Å². The molecule has 2 aromatic rings. The fourth-order valence-corrected chi connectivity index (χ4v) is 1.85. The molecule has 0 radical (unpaired) electrons. The van der Waals surface area contributed by atoms with Crippen LogP contribution >= 0.6 is 0 Å². The quantitative estimate of drug-likeness (QED) is 0.896. The highest BCUT2D eigenvalue weighted by Crippen LogP contribution is 2.19. The van der Waals surface area contributed by atoms with Gasteiger partial charge in [-0.15, -0.1) is 0 Å². The summed E-state index contributed by atoms with van der Waals surface area (Å²) < 4.78 is 6.69. The number of oxazole rings is 1. The third kappa shape index (κ3) is 2.64. The first-order valence-corrected chi connectivity index (χ1v) is 6.05. The average Bonchev–Trinajstić information content (AvgIpc) is 2.94. The number of aromatic nitrogens is 4. The molecular formula is C12H17N5O2. The molecule has 0 fully saturated rings. The number of rotatable bonds is 4. The van der Waals surface area contributed by atoms with E-state index in [0.717, 1.165) is 0 Å². The van der Waals surface area contributed by atoms with Gasteiger partial charge in [0, 0.05) is 7.05 Å². The van der Waals surface area contributed by atoms with Gasteiger partial charge in [0.1, 0.15) is 17.9 Å². The van der Waals surface area contributed by atoms with Crippen molar-refractivity contribution in [1.82, 2.24) is 25.1 Å². The monoisotopic (exact) mass is 263 g/mol. The van der Waals surface area contributed by atoms with Gasteiger partial charge in [0.2, 0.25) is 0 Å². The molecule has 1 atom stereocenters. The van der Waals surface area contributed by atoms with Crippen LogP contribution in [0.25, 0.3) is 0 Å². The molecule has 0 aromatic carbocycles. The summed E-state index contributed by atoms with van der Waals surface area (Å²) in [7, 11) is 1.80. The van der Waals surface area contributed by atoms with E-state index in [9.17, 15) is 4.79 Å². The average molecular weight is 263 g/mol. The topological polar surface area (TPSA) is 85.8 Å². The van der Waals surface area contributed by atoms with Crippen LogP contribution in [0.3, 0.4) is 0 Å². The predicted molar refractivity (Wildman–Crippen MR) is 67.3 cm³/mol. The normalized spacial score (nSPS) is 12.7. The maximum absolute atomic E-state index is 12.2. The Hall–Kier alpha value is -2.18. The first-order chi connectivity index (χ1) is 9.00. The zero-order valence-corrected chi connectivity index (χ0v) is 11.4. The van der Waals surface area contributed by atoms with Gasteiger partial charge in [-0.1, -0.05) is 13.8 Å². The van der Waals surface area contributed by atoms with Crippen molar-refractivity contribution < 1.29 is 9.21 Å². The van der Waals surface area contributed by atoms with E-state index in [4.69, 9.17) is 4.42 Å². The number of carbonyl (C=O) groups is 1. The highest BCUT2D eigenvalue weighted by Gasteiger charge is 2.25. The van der Waals surface area contributed by atoms with Crippen molar-refractivity contribution in [2.45, 2.75) is 26.8 Å². The molecule has 1 amide bonds. The second-order valence-corrected chi connectivity index (χ2v) is 4.69. The zero-order chi connectivity index (χ0) is 14.0. The second kappa shape index (κ2) is 5.21. The number of amides is 1. The lowest BCUT2D eigenvalue weighted by Gasteiger charge is -2.20. The molecule has 0 saturated carbocycles. The zero-order valence-electron chi connectivity index (χ0n) is 11.4. The highest BCUT2D eigenvalue weighted by molar-refractivity contribution is 5.93. The van der Waals surface area contributed by atoms with Crippen molar-refractivity contribution in [2.75, 3.05) is 0 Å². The number of nitrogens with zero attached hydrogens (tertiary/aromatic N) is 4. The molecular weight excluding hydrogens is 246 g/mol. The van der Waals surface area contributed by atoms with Crippen molar-refractivity contribution in [3.63, 3.8) is 0 Å². The summed E-state index contributed by atoms with van der Waals surface area (Å²) in [6.45, 7) is 5.72. The van der Waals surface area contributed by atoms with Crippen LogP contribution in [-0.4, -0.2) is 25.7 Å². The van der Waals surface area contributed by atoms with E-state index in [1.54, 1.807) is 18.7 Å². The van der Waals surface area contributed by atoms with Gasteiger partial charge in [-0.05, 0) is 12.8 Å². The lowest BCUT2D eigenvalue weighted by molar-refractivity contribution is 0.0916. The Balaban J connectivity index is 2.21. The summed E-state index contributed by atoms with van der Waals surface area (Å²) >= 11 is 0. The number of aryl methyl sites for hydroxylation is 2. The molecule has 7 heteroatoms. The van der Waals surface area contributed by atoms with Gasteiger partial charge in [0.15, 0.2) is 12.1 Å². The van der Waals surface area contributed by atoms with Crippen LogP contribution in [0.5, 0.6) is 0 Å². The number of carbonyl (C=O) groups excluding carboxylic acids is 1. The van der Waals surface area contributed by atoms with Gasteiger partial charge in [0.05, 0.1) is 6.04 Å². The van der Waals surface area contributed by atoms with Gasteiger partial charge in [-0.2, -0.15) is 5.10 Å². The van der Waals surface area contributed by atoms with Gasteiger partial charge >= 0.3 is 0 Å². The molecule has 0 bridgehead atoms. The standard InChI is InChI=1S/C12H17N5O2/c1-7(2)9(11-13-5-15-17(11)4)16-12(18)10-8(3)19-6-14-10/h5-7,9H,1-4H3,(H,16,18)/t9-/m0/s1. The minimum atomic E-state index is -0.270. The molecule has 102 valence electrons. The Bertz CT molecular complexity index is 572. The molecule has 19 heavy (non-hydrogen) atoms. The molecule has 0 aliphatic carbocycles. The number of hydrogen-bond acceptors (Lipinski definition) is 5. The summed E-state index contributed by atoms with van der Waals surface area (Å²) in [5.74, 6) is 1.12. The van der Waals surface area contributed by atoms with Crippen LogP contribution in [0.4, 0.5) is 0 Å². The number of nitrogens with one attached hydrogen (secondary N) is 1. The Labute approximate surface area is 111 Å². The smallest absolute Gasteiger partial charge is 0.274 e. The molecule has 0 unspecified atom stereocenters.